The van der Waals surface area contributed by atoms with Gasteiger partial charge >= 0.3 is 0 Å². The van der Waals surface area contributed by atoms with Crippen molar-refractivity contribution < 1.29 is 4.79 Å². The highest BCUT2D eigenvalue weighted by Gasteiger charge is 1.85. The van der Waals surface area contributed by atoms with Gasteiger partial charge in [-0.25, -0.2) is 0 Å². The predicted octanol–water partition coefficient (Wildman–Crippen LogP) is 1.38. The highest BCUT2D eigenvalue weighted by Crippen LogP contribution is 1.98. The maximum absolute atomic E-state index is 10.1. The molecule has 0 aliphatic carbocycles. The number of aldehydes is 1. The molecule has 0 saturated heterocycles. The fourth-order valence-electron chi connectivity index (χ4n) is 0.645. The van der Waals surface area contributed by atoms with E-state index in [2.05, 4.69) is 5.73 Å². The van der Waals surface area contributed by atoms with Crippen molar-refractivity contribution in [1.29, 1.82) is 0 Å². The zero-order chi connectivity index (χ0) is 8.69. The highest BCUT2D eigenvalue weighted by atomic mass is 16.1. The second-order valence-corrected chi connectivity index (χ2v) is 2.03. The van der Waals surface area contributed by atoms with Gasteiger partial charge in [0.15, 0.2) is 0 Å². The van der Waals surface area contributed by atoms with Gasteiger partial charge in [-0.15, -0.1) is 0 Å². The fraction of sp³-hybridized carbons (Fsp3) is 0.222. The largest absolute Gasteiger partial charge is 0.333 e. The first-order valence-electron chi connectivity index (χ1n) is 3.42. The molecule has 0 bridgehead atoms. The Hall–Kier alpha value is -1.15. The van der Waals surface area contributed by atoms with E-state index in [1.54, 1.807) is 0 Å². The number of carbonyl (C=O) groups excluding carboxylic acids is 1. The molecule has 0 heterocycles. The average molecular weight is 151 g/mol. The standard InChI is InChI=1S/C8H8O.CH5N/c1-7-2-4-8(6-9)5-3-7;1-2/h2-6H,1H3;2H2,1H3. The summed E-state index contributed by atoms with van der Waals surface area (Å²) >= 11 is 0. The van der Waals surface area contributed by atoms with Crippen LogP contribution in [0.2, 0.25) is 0 Å². The Balaban J connectivity index is 0.000000461. The smallest absolute Gasteiger partial charge is 0.150 e. The molecule has 0 spiro atoms. The van der Waals surface area contributed by atoms with Crippen LogP contribution in [-0.4, -0.2) is 13.3 Å². The van der Waals surface area contributed by atoms with Crippen LogP contribution in [-0.2, 0) is 0 Å². The van der Waals surface area contributed by atoms with Crippen molar-refractivity contribution in [2.24, 2.45) is 5.73 Å². The lowest BCUT2D eigenvalue weighted by Crippen LogP contribution is -1.77. The summed E-state index contributed by atoms with van der Waals surface area (Å²) in [7, 11) is 1.50. The third-order valence-electron chi connectivity index (χ3n) is 1.21. The summed E-state index contributed by atoms with van der Waals surface area (Å²) in [5.74, 6) is 0. The molecule has 0 aromatic heterocycles. The lowest BCUT2D eigenvalue weighted by molar-refractivity contribution is 0.112. The summed E-state index contributed by atoms with van der Waals surface area (Å²) in [6, 6.07) is 7.46. The first kappa shape index (κ1) is 9.85. The van der Waals surface area contributed by atoms with Crippen LogP contribution < -0.4 is 5.73 Å². The molecule has 1 rings (SSSR count). The normalized spacial score (nSPS) is 7.91. The fourth-order valence-corrected chi connectivity index (χ4v) is 0.645. The summed E-state index contributed by atoms with van der Waals surface area (Å²) < 4.78 is 0. The molecule has 0 radical (unpaired) electrons. The summed E-state index contributed by atoms with van der Waals surface area (Å²) in [4.78, 5) is 10.1. The van der Waals surface area contributed by atoms with Crippen molar-refractivity contribution in [3.8, 4) is 0 Å². The number of hydrogen-bond donors (Lipinski definition) is 1. The van der Waals surface area contributed by atoms with Gasteiger partial charge in [-0.2, -0.15) is 0 Å². The molecule has 0 saturated carbocycles. The predicted molar refractivity (Wildman–Crippen MR) is 46.7 cm³/mol. The minimum absolute atomic E-state index is 0.737. The van der Waals surface area contributed by atoms with Gasteiger partial charge in [0.25, 0.3) is 0 Å². The van der Waals surface area contributed by atoms with Gasteiger partial charge in [-0.3, -0.25) is 4.79 Å². The van der Waals surface area contributed by atoms with Crippen LogP contribution in [0.15, 0.2) is 24.3 Å². The molecule has 1 aromatic rings. The molecule has 0 fully saturated rings. The maximum Gasteiger partial charge on any atom is 0.150 e. The van der Waals surface area contributed by atoms with E-state index >= 15 is 0 Å². The Bertz CT molecular complexity index is 203. The third kappa shape index (κ3) is 3.53. The lowest BCUT2D eigenvalue weighted by atomic mass is 10.2. The van der Waals surface area contributed by atoms with E-state index in [1.165, 1.54) is 12.6 Å². The Kier molecular flexibility index (Phi) is 5.03. The van der Waals surface area contributed by atoms with Crippen molar-refractivity contribution in [3.05, 3.63) is 35.4 Å². The van der Waals surface area contributed by atoms with Crippen molar-refractivity contribution >= 4 is 6.29 Å². The molecule has 0 atom stereocenters. The SMILES string of the molecule is CN.Cc1ccc(C=O)cc1. The molecule has 11 heavy (non-hydrogen) atoms. The van der Waals surface area contributed by atoms with E-state index < -0.39 is 0 Å². The minimum Gasteiger partial charge on any atom is -0.333 e. The Morgan fingerprint density at radius 1 is 1.18 bits per heavy atom. The molecule has 0 aliphatic heterocycles. The van der Waals surface area contributed by atoms with Gasteiger partial charge in [0.1, 0.15) is 6.29 Å². The first-order valence-corrected chi connectivity index (χ1v) is 3.42. The van der Waals surface area contributed by atoms with E-state index in [9.17, 15) is 4.79 Å². The third-order valence-corrected chi connectivity index (χ3v) is 1.21. The van der Waals surface area contributed by atoms with Gasteiger partial charge in [0.05, 0.1) is 0 Å². The van der Waals surface area contributed by atoms with Crippen LogP contribution in [0, 0.1) is 6.92 Å². The molecule has 0 amide bonds. The number of hydrogen-bond acceptors (Lipinski definition) is 2. The second kappa shape index (κ2) is 5.62. The van der Waals surface area contributed by atoms with Crippen molar-refractivity contribution in [1.82, 2.24) is 0 Å². The number of rotatable bonds is 1. The zero-order valence-corrected chi connectivity index (χ0v) is 6.87. The molecule has 2 nitrogen and oxygen atoms in total. The highest BCUT2D eigenvalue weighted by molar-refractivity contribution is 5.74. The van der Waals surface area contributed by atoms with Crippen LogP contribution in [0.3, 0.4) is 0 Å². The van der Waals surface area contributed by atoms with Gasteiger partial charge in [-0.1, -0.05) is 29.8 Å². The summed E-state index contributed by atoms with van der Waals surface area (Å²) in [6.07, 6.45) is 0.847. The Morgan fingerprint density at radius 2 is 1.64 bits per heavy atom. The summed E-state index contributed by atoms with van der Waals surface area (Å²) in [5.41, 5.74) is 6.42. The minimum atomic E-state index is 0.737. The summed E-state index contributed by atoms with van der Waals surface area (Å²) in [6.45, 7) is 1.99. The van der Waals surface area contributed by atoms with Crippen LogP contribution >= 0.6 is 0 Å². The van der Waals surface area contributed by atoms with Crippen molar-refractivity contribution in [3.63, 3.8) is 0 Å². The quantitative estimate of drug-likeness (QED) is 0.616. The molecule has 2 heteroatoms. The zero-order valence-electron chi connectivity index (χ0n) is 6.87. The van der Waals surface area contributed by atoms with Crippen LogP contribution in [0.4, 0.5) is 0 Å². The molecule has 2 N–H and O–H groups in total. The van der Waals surface area contributed by atoms with E-state index in [4.69, 9.17) is 0 Å². The van der Waals surface area contributed by atoms with Crippen molar-refractivity contribution in [2.75, 3.05) is 7.05 Å². The van der Waals surface area contributed by atoms with Gasteiger partial charge < -0.3 is 5.73 Å². The molecule has 1 aromatic carbocycles. The van der Waals surface area contributed by atoms with Crippen molar-refractivity contribution in [2.45, 2.75) is 6.92 Å². The van der Waals surface area contributed by atoms with Crippen LogP contribution in [0.1, 0.15) is 15.9 Å². The first-order chi connectivity index (χ1) is 5.33. The van der Waals surface area contributed by atoms with Gasteiger partial charge in [0, 0.05) is 5.56 Å². The van der Waals surface area contributed by atoms with Crippen LogP contribution in [0.5, 0.6) is 0 Å². The summed E-state index contributed by atoms with van der Waals surface area (Å²) in [5, 5.41) is 0. The molecule has 60 valence electrons. The number of aryl methyl sites for hydroxylation is 1. The number of carbonyl (C=O) groups is 1. The van der Waals surface area contributed by atoms with E-state index in [0.29, 0.717) is 0 Å². The second-order valence-electron chi connectivity index (χ2n) is 2.03. The van der Waals surface area contributed by atoms with E-state index in [1.807, 2.05) is 31.2 Å². The average Bonchev–Trinajstić information content (AvgIpc) is 2.10. The molecular weight excluding hydrogens is 138 g/mol. The Labute approximate surface area is 67.0 Å². The topological polar surface area (TPSA) is 43.1 Å². The molecule has 0 unspecified atom stereocenters. The molecule has 0 aliphatic rings. The van der Waals surface area contributed by atoms with Gasteiger partial charge in [0.2, 0.25) is 0 Å². The maximum atomic E-state index is 10.1. The monoisotopic (exact) mass is 151 g/mol. The number of benzene rings is 1. The van der Waals surface area contributed by atoms with Crippen LogP contribution in [0.25, 0.3) is 0 Å². The number of nitrogens with two attached hydrogens (primary N) is 1. The van der Waals surface area contributed by atoms with E-state index in [0.717, 1.165) is 11.8 Å². The van der Waals surface area contributed by atoms with E-state index in [-0.39, 0.29) is 0 Å². The molecular formula is C9H13NO. The van der Waals surface area contributed by atoms with Gasteiger partial charge in [-0.05, 0) is 14.0 Å². The Morgan fingerprint density at radius 3 is 2.00 bits per heavy atom. The lowest BCUT2D eigenvalue weighted by Gasteiger charge is -1.89.